The maximum atomic E-state index is 10.3. The number of nitrogens with one attached hydrogen (secondary N) is 1. The minimum Gasteiger partial charge on any atom is -0.488 e. The van der Waals surface area contributed by atoms with Crippen LogP contribution in [0.25, 0.3) is 5.69 Å². The molecule has 4 rings (SSSR count). The molecular formula is C16H20N4O2. The summed E-state index contributed by atoms with van der Waals surface area (Å²) in [5.41, 5.74) is 0.988. The van der Waals surface area contributed by atoms with Gasteiger partial charge in [0.2, 0.25) is 0 Å². The number of hydrogen-bond acceptors (Lipinski definition) is 5. The summed E-state index contributed by atoms with van der Waals surface area (Å²) in [5.74, 6) is 2.03. The van der Waals surface area contributed by atoms with E-state index < -0.39 is 0 Å². The maximum absolute atomic E-state index is 10.3. The number of aromatic nitrogens is 3. The molecule has 4 atom stereocenters. The number of nitrogens with zero attached hydrogens (tertiary/aromatic N) is 3. The number of aliphatic hydroxyl groups excluding tert-OH is 1. The van der Waals surface area contributed by atoms with Crippen molar-refractivity contribution in [1.29, 1.82) is 0 Å². The van der Waals surface area contributed by atoms with Crippen molar-refractivity contribution in [3.63, 3.8) is 0 Å². The highest BCUT2D eigenvalue weighted by Crippen LogP contribution is 2.34. The highest BCUT2D eigenvalue weighted by Gasteiger charge is 2.39. The predicted octanol–water partition coefficient (Wildman–Crippen LogP) is 1.00. The molecule has 0 amide bonds. The average molecular weight is 300 g/mol. The second-order valence-electron chi connectivity index (χ2n) is 6.24. The monoisotopic (exact) mass is 300 g/mol. The van der Waals surface area contributed by atoms with Crippen LogP contribution in [0.1, 0.15) is 12.8 Å². The summed E-state index contributed by atoms with van der Waals surface area (Å²) in [7, 11) is 0. The van der Waals surface area contributed by atoms with Crippen molar-refractivity contribution in [2.75, 3.05) is 13.1 Å². The second-order valence-corrected chi connectivity index (χ2v) is 6.24. The molecule has 1 aromatic heterocycles. The molecule has 1 aliphatic heterocycles. The van der Waals surface area contributed by atoms with Crippen molar-refractivity contribution < 1.29 is 9.84 Å². The number of fused-ring (bicyclic) bond motifs is 1. The summed E-state index contributed by atoms with van der Waals surface area (Å²) < 4.78 is 7.87. The molecule has 0 radical (unpaired) electrons. The SMILES string of the molecule is O[C@@H]1C[C@H]2CNC[C@H]2C[C@H]1Oc1ccc(-n2cnnc2)cc1. The first-order valence-electron chi connectivity index (χ1n) is 7.80. The van der Waals surface area contributed by atoms with Gasteiger partial charge in [-0.05, 0) is 62.0 Å². The minimum absolute atomic E-state index is 0.109. The molecule has 0 spiro atoms. The average Bonchev–Trinajstić information content (AvgIpc) is 3.19. The Morgan fingerprint density at radius 3 is 2.45 bits per heavy atom. The Bertz CT molecular complexity index is 614. The molecule has 2 aromatic rings. The lowest BCUT2D eigenvalue weighted by atomic mass is 9.78. The highest BCUT2D eigenvalue weighted by atomic mass is 16.5. The Kier molecular flexibility index (Phi) is 3.56. The van der Waals surface area contributed by atoms with Crippen LogP contribution in [-0.2, 0) is 0 Å². The van der Waals surface area contributed by atoms with Crippen LogP contribution in [0.5, 0.6) is 5.75 Å². The number of hydrogen-bond donors (Lipinski definition) is 2. The van der Waals surface area contributed by atoms with Crippen molar-refractivity contribution in [1.82, 2.24) is 20.1 Å². The maximum Gasteiger partial charge on any atom is 0.125 e. The third kappa shape index (κ3) is 2.60. The lowest BCUT2D eigenvalue weighted by Gasteiger charge is -2.35. The fraction of sp³-hybridized carbons (Fsp3) is 0.500. The molecule has 1 aliphatic carbocycles. The van der Waals surface area contributed by atoms with E-state index in [9.17, 15) is 5.11 Å². The van der Waals surface area contributed by atoms with Gasteiger partial charge in [-0.2, -0.15) is 0 Å². The molecule has 116 valence electrons. The van der Waals surface area contributed by atoms with Gasteiger partial charge in [0.25, 0.3) is 0 Å². The van der Waals surface area contributed by atoms with Gasteiger partial charge in [0.1, 0.15) is 24.5 Å². The van der Waals surface area contributed by atoms with Gasteiger partial charge in [-0.3, -0.25) is 4.57 Å². The van der Waals surface area contributed by atoms with Gasteiger partial charge >= 0.3 is 0 Å². The van der Waals surface area contributed by atoms with E-state index in [0.717, 1.165) is 37.4 Å². The summed E-state index contributed by atoms with van der Waals surface area (Å²) in [5, 5.41) is 21.3. The molecule has 2 fully saturated rings. The topological polar surface area (TPSA) is 72.2 Å². The molecule has 1 saturated heterocycles. The summed E-state index contributed by atoms with van der Waals surface area (Å²) in [4.78, 5) is 0. The lowest BCUT2D eigenvalue weighted by molar-refractivity contribution is -0.0231. The standard InChI is InChI=1S/C16H20N4O2/c21-15-5-11-7-17-8-12(11)6-16(15)22-14-3-1-13(2-4-14)20-9-18-19-10-20/h1-4,9-12,15-17,21H,5-8H2/t11-,12+,15+,16+/m0/s1. The van der Waals surface area contributed by atoms with Crippen LogP contribution in [0, 0.1) is 11.8 Å². The number of benzene rings is 1. The zero-order valence-electron chi connectivity index (χ0n) is 12.3. The molecule has 2 N–H and O–H groups in total. The lowest BCUT2D eigenvalue weighted by Crippen LogP contribution is -2.42. The summed E-state index contributed by atoms with van der Waals surface area (Å²) >= 11 is 0. The van der Waals surface area contributed by atoms with E-state index in [1.54, 1.807) is 12.7 Å². The molecule has 0 bridgehead atoms. The van der Waals surface area contributed by atoms with E-state index in [-0.39, 0.29) is 12.2 Å². The largest absolute Gasteiger partial charge is 0.488 e. The normalized spacial score (nSPS) is 31.0. The fourth-order valence-corrected chi connectivity index (χ4v) is 3.59. The van der Waals surface area contributed by atoms with Gasteiger partial charge in [-0.25, -0.2) is 0 Å². The summed E-state index contributed by atoms with van der Waals surface area (Å²) in [6, 6.07) is 7.80. The van der Waals surface area contributed by atoms with Crippen LogP contribution in [0.15, 0.2) is 36.9 Å². The Labute approximate surface area is 129 Å². The van der Waals surface area contributed by atoms with Crippen molar-refractivity contribution in [3.05, 3.63) is 36.9 Å². The number of rotatable bonds is 3. The molecule has 6 nitrogen and oxygen atoms in total. The molecular weight excluding hydrogens is 280 g/mol. The second kappa shape index (κ2) is 5.70. The predicted molar refractivity (Wildman–Crippen MR) is 80.9 cm³/mol. The summed E-state index contributed by atoms with van der Waals surface area (Å²) in [6.07, 6.45) is 4.59. The van der Waals surface area contributed by atoms with Crippen LogP contribution < -0.4 is 10.1 Å². The van der Waals surface area contributed by atoms with Crippen molar-refractivity contribution >= 4 is 0 Å². The molecule has 6 heteroatoms. The Balaban J connectivity index is 1.44. The van der Waals surface area contributed by atoms with E-state index in [1.807, 2.05) is 28.8 Å². The van der Waals surface area contributed by atoms with E-state index >= 15 is 0 Å². The van der Waals surface area contributed by atoms with Gasteiger partial charge < -0.3 is 15.2 Å². The fourth-order valence-electron chi connectivity index (χ4n) is 3.59. The van der Waals surface area contributed by atoms with Gasteiger partial charge in [0.15, 0.2) is 0 Å². The van der Waals surface area contributed by atoms with E-state index in [2.05, 4.69) is 15.5 Å². The van der Waals surface area contributed by atoms with Crippen molar-refractivity contribution in [2.24, 2.45) is 11.8 Å². The van der Waals surface area contributed by atoms with Crippen LogP contribution in [0.4, 0.5) is 0 Å². The molecule has 1 aromatic carbocycles. The molecule has 1 saturated carbocycles. The zero-order chi connectivity index (χ0) is 14.9. The first kappa shape index (κ1) is 13.7. The van der Waals surface area contributed by atoms with Crippen LogP contribution in [-0.4, -0.2) is 45.2 Å². The molecule has 2 aliphatic rings. The third-order valence-electron chi connectivity index (χ3n) is 4.83. The van der Waals surface area contributed by atoms with Crippen LogP contribution >= 0.6 is 0 Å². The van der Waals surface area contributed by atoms with Gasteiger partial charge in [-0.15, -0.1) is 10.2 Å². The minimum atomic E-state index is -0.376. The summed E-state index contributed by atoms with van der Waals surface area (Å²) in [6.45, 7) is 2.08. The Morgan fingerprint density at radius 2 is 1.73 bits per heavy atom. The van der Waals surface area contributed by atoms with Crippen LogP contribution in [0.3, 0.4) is 0 Å². The number of aliphatic hydroxyl groups is 1. The van der Waals surface area contributed by atoms with Crippen molar-refractivity contribution in [3.8, 4) is 11.4 Å². The van der Waals surface area contributed by atoms with E-state index in [4.69, 9.17) is 4.74 Å². The molecule has 22 heavy (non-hydrogen) atoms. The van der Waals surface area contributed by atoms with Crippen molar-refractivity contribution in [2.45, 2.75) is 25.0 Å². The highest BCUT2D eigenvalue weighted by molar-refractivity contribution is 5.37. The third-order valence-corrected chi connectivity index (χ3v) is 4.83. The number of ether oxygens (including phenoxy) is 1. The Morgan fingerprint density at radius 1 is 1.05 bits per heavy atom. The quantitative estimate of drug-likeness (QED) is 0.885. The zero-order valence-corrected chi connectivity index (χ0v) is 12.3. The van der Waals surface area contributed by atoms with Gasteiger partial charge in [0.05, 0.1) is 6.10 Å². The van der Waals surface area contributed by atoms with E-state index in [1.165, 1.54) is 0 Å². The molecule has 0 unspecified atom stereocenters. The van der Waals surface area contributed by atoms with Gasteiger partial charge in [-0.1, -0.05) is 0 Å². The van der Waals surface area contributed by atoms with Gasteiger partial charge in [0, 0.05) is 5.69 Å². The first-order chi connectivity index (χ1) is 10.8. The van der Waals surface area contributed by atoms with E-state index in [0.29, 0.717) is 11.8 Å². The first-order valence-corrected chi connectivity index (χ1v) is 7.80. The molecule has 2 heterocycles. The Hall–Kier alpha value is -1.92. The van der Waals surface area contributed by atoms with Crippen LogP contribution in [0.2, 0.25) is 0 Å². The smallest absolute Gasteiger partial charge is 0.125 e.